The highest BCUT2D eigenvalue weighted by atomic mass is 35.5. The van der Waals surface area contributed by atoms with E-state index in [1.54, 1.807) is 21.1 Å². The van der Waals surface area contributed by atoms with Gasteiger partial charge in [-0.15, -0.1) is 0 Å². The minimum Gasteiger partial charge on any atom is -0.493 e. The zero-order valence-electron chi connectivity index (χ0n) is 31.4. The van der Waals surface area contributed by atoms with Crippen LogP contribution in [0.4, 0.5) is 11.5 Å². The zero-order valence-corrected chi connectivity index (χ0v) is 32.1. The number of nitrogens with zero attached hydrogens (tertiary/aromatic N) is 5. The van der Waals surface area contributed by atoms with Crippen molar-refractivity contribution >= 4 is 39.8 Å². The SMILES string of the molecule is COc1cc2c(N3CCN(c4cccc(Cl)c4C)CC3C(C)=O)nn(Cc3c[nH]c(C(c4ccccc4)(c4ccccc4)c4ccccc4)n3)c2cc1OC. The smallest absolute Gasteiger partial charge is 0.162 e. The molecule has 9 nitrogen and oxygen atoms in total. The molecule has 8 rings (SSSR count). The van der Waals surface area contributed by atoms with Crippen molar-refractivity contribution in [3.8, 4) is 11.5 Å². The number of carbonyl (C=O) groups is 1. The van der Waals surface area contributed by atoms with Crippen LogP contribution in [0.1, 0.15) is 40.7 Å². The van der Waals surface area contributed by atoms with Gasteiger partial charge in [-0.1, -0.05) is 109 Å². The summed E-state index contributed by atoms with van der Waals surface area (Å²) >= 11 is 6.52. The molecule has 55 heavy (non-hydrogen) atoms. The van der Waals surface area contributed by atoms with Gasteiger partial charge >= 0.3 is 0 Å². The zero-order chi connectivity index (χ0) is 38.1. The van der Waals surface area contributed by atoms with Crippen molar-refractivity contribution in [1.82, 2.24) is 19.7 Å². The lowest BCUT2D eigenvalue weighted by Crippen LogP contribution is -2.56. The molecule has 2 aromatic heterocycles. The number of nitrogens with one attached hydrogen (secondary N) is 1. The largest absolute Gasteiger partial charge is 0.493 e. The number of anilines is 2. The third-order valence-electron chi connectivity index (χ3n) is 10.9. The molecular formula is C45H43ClN6O3. The number of ether oxygens (including phenoxy) is 2. The molecule has 1 aliphatic heterocycles. The van der Waals surface area contributed by atoms with Crippen LogP contribution in [-0.4, -0.2) is 65.4 Å². The van der Waals surface area contributed by atoms with Crippen molar-refractivity contribution in [2.75, 3.05) is 43.7 Å². The lowest BCUT2D eigenvalue weighted by Gasteiger charge is -2.42. The fourth-order valence-electron chi connectivity index (χ4n) is 8.12. The Morgan fingerprint density at radius 1 is 0.836 bits per heavy atom. The van der Waals surface area contributed by atoms with Gasteiger partial charge in [0.25, 0.3) is 0 Å². The lowest BCUT2D eigenvalue weighted by molar-refractivity contribution is -0.118. The fraction of sp³-hybridized carbons (Fsp3) is 0.222. The number of Topliss-reactive ketones (excluding diaryl/α,β-unsaturated/α-hetero) is 1. The van der Waals surface area contributed by atoms with Crippen LogP contribution in [0.15, 0.2) is 128 Å². The van der Waals surface area contributed by atoms with Gasteiger partial charge < -0.3 is 24.3 Å². The second-order valence-electron chi connectivity index (χ2n) is 13.9. The van der Waals surface area contributed by atoms with Gasteiger partial charge in [0.1, 0.15) is 17.3 Å². The predicted molar refractivity (Wildman–Crippen MR) is 219 cm³/mol. The number of methoxy groups -OCH3 is 2. The summed E-state index contributed by atoms with van der Waals surface area (Å²) in [5.74, 6) is 2.74. The van der Waals surface area contributed by atoms with Crippen molar-refractivity contribution in [1.29, 1.82) is 0 Å². The number of piperazine rings is 1. The highest BCUT2D eigenvalue weighted by Crippen LogP contribution is 2.44. The second kappa shape index (κ2) is 15.0. The van der Waals surface area contributed by atoms with E-state index in [2.05, 4.69) is 93.6 Å². The Morgan fingerprint density at radius 2 is 1.44 bits per heavy atom. The van der Waals surface area contributed by atoms with Gasteiger partial charge in [-0.3, -0.25) is 9.48 Å². The van der Waals surface area contributed by atoms with E-state index in [9.17, 15) is 4.79 Å². The monoisotopic (exact) mass is 750 g/mol. The molecule has 0 saturated carbocycles. The maximum absolute atomic E-state index is 13.4. The molecule has 0 spiro atoms. The molecular weight excluding hydrogens is 708 g/mol. The average Bonchev–Trinajstić information content (AvgIpc) is 3.84. The molecule has 10 heteroatoms. The number of H-pyrrole nitrogens is 1. The number of benzene rings is 5. The number of aromatic amines is 1. The van der Waals surface area contributed by atoms with Crippen molar-refractivity contribution in [2.45, 2.75) is 31.8 Å². The van der Waals surface area contributed by atoms with Crippen LogP contribution in [-0.2, 0) is 16.8 Å². The molecule has 1 saturated heterocycles. The number of carbonyl (C=O) groups excluding carboxylic acids is 1. The Bertz CT molecular complexity index is 2350. The van der Waals surface area contributed by atoms with E-state index in [1.165, 1.54) is 0 Å². The quantitative estimate of drug-likeness (QED) is 0.133. The Kier molecular flexibility index (Phi) is 9.80. The molecule has 0 amide bonds. The summed E-state index contributed by atoms with van der Waals surface area (Å²) in [5, 5.41) is 6.82. The summed E-state index contributed by atoms with van der Waals surface area (Å²) in [7, 11) is 3.26. The van der Waals surface area contributed by atoms with Gasteiger partial charge in [0.15, 0.2) is 23.1 Å². The van der Waals surface area contributed by atoms with Crippen molar-refractivity contribution in [3.63, 3.8) is 0 Å². The molecule has 1 N–H and O–H groups in total. The summed E-state index contributed by atoms with van der Waals surface area (Å²) in [6.07, 6.45) is 1.97. The molecule has 0 radical (unpaired) electrons. The molecule has 3 heterocycles. The van der Waals surface area contributed by atoms with Crippen LogP contribution in [0.5, 0.6) is 11.5 Å². The number of fused-ring (bicyclic) bond motifs is 1. The third kappa shape index (κ3) is 6.38. The van der Waals surface area contributed by atoms with Gasteiger partial charge in [-0.2, -0.15) is 5.10 Å². The standard InChI is InChI=1S/C45H43ClN6O3/c1-30-37(46)21-14-22-38(30)50-23-24-51(40(29-50)31(2)53)43-36-25-41(54-3)42(55-4)26-39(36)52(49-43)28-35-27-47-44(48-35)45(32-15-8-5-9-16-32,33-17-10-6-11-18-33)34-19-12-7-13-20-34/h5-22,25-27,40H,23-24,28-29H2,1-4H3,(H,47,48). The Morgan fingerprint density at radius 3 is 2.02 bits per heavy atom. The van der Waals surface area contributed by atoms with Crippen molar-refractivity contribution in [2.24, 2.45) is 0 Å². The predicted octanol–water partition coefficient (Wildman–Crippen LogP) is 8.45. The summed E-state index contributed by atoms with van der Waals surface area (Å²) in [5.41, 5.74) is 6.25. The number of hydrogen-bond donors (Lipinski definition) is 1. The summed E-state index contributed by atoms with van der Waals surface area (Å²) in [6.45, 7) is 5.81. The summed E-state index contributed by atoms with van der Waals surface area (Å²) in [6, 6.07) is 40.9. The van der Waals surface area contributed by atoms with E-state index in [1.807, 2.05) is 60.3 Å². The number of ketones is 1. The Hall–Kier alpha value is -6.06. The van der Waals surface area contributed by atoms with Crippen LogP contribution in [0.25, 0.3) is 10.9 Å². The van der Waals surface area contributed by atoms with Crippen molar-refractivity contribution in [3.05, 3.63) is 166 Å². The van der Waals surface area contributed by atoms with Gasteiger partial charge in [0.05, 0.1) is 32.0 Å². The van der Waals surface area contributed by atoms with Crippen LogP contribution in [0.2, 0.25) is 5.02 Å². The first-order valence-corrected chi connectivity index (χ1v) is 18.8. The molecule has 5 aromatic carbocycles. The average molecular weight is 751 g/mol. The molecule has 7 aromatic rings. The van der Waals surface area contributed by atoms with Crippen LogP contribution in [0.3, 0.4) is 0 Å². The van der Waals surface area contributed by atoms with E-state index in [-0.39, 0.29) is 5.78 Å². The molecule has 0 aliphatic carbocycles. The normalized spacial score (nSPS) is 14.7. The molecule has 278 valence electrons. The number of aromatic nitrogens is 4. The van der Waals surface area contributed by atoms with Crippen LogP contribution < -0.4 is 19.3 Å². The van der Waals surface area contributed by atoms with Gasteiger partial charge in [-0.05, 0) is 54.3 Å². The first-order chi connectivity index (χ1) is 26.8. The maximum Gasteiger partial charge on any atom is 0.162 e. The molecule has 0 bridgehead atoms. The van der Waals surface area contributed by atoms with Crippen molar-refractivity contribution < 1.29 is 14.3 Å². The third-order valence-corrected chi connectivity index (χ3v) is 11.3. The number of rotatable bonds is 11. The van der Waals surface area contributed by atoms with Crippen LogP contribution in [0, 0.1) is 6.92 Å². The number of imidazole rings is 1. The van der Waals surface area contributed by atoms with E-state index in [0.29, 0.717) is 48.5 Å². The minimum absolute atomic E-state index is 0.0589. The van der Waals surface area contributed by atoms with E-state index in [0.717, 1.165) is 50.4 Å². The second-order valence-corrected chi connectivity index (χ2v) is 14.4. The van der Waals surface area contributed by atoms with E-state index in [4.69, 9.17) is 31.2 Å². The molecule has 1 fully saturated rings. The maximum atomic E-state index is 13.4. The lowest BCUT2D eigenvalue weighted by atomic mass is 9.69. The van der Waals surface area contributed by atoms with Gasteiger partial charge in [-0.25, -0.2) is 4.98 Å². The Balaban J connectivity index is 1.23. The molecule has 1 unspecified atom stereocenters. The highest BCUT2D eigenvalue weighted by Gasteiger charge is 2.41. The van der Waals surface area contributed by atoms with E-state index >= 15 is 0 Å². The summed E-state index contributed by atoms with van der Waals surface area (Å²) < 4.78 is 13.5. The summed E-state index contributed by atoms with van der Waals surface area (Å²) in [4.78, 5) is 26.8. The van der Waals surface area contributed by atoms with E-state index < -0.39 is 11.5 Å². The van der Waals surface area contributed by atoms with Crippen LogP contribution >= 0.6 is 11.6 Å². The highest BCUT2D eigenvalue weighted by molar-refractivity contribution is 6.31. The topological polar surface area (TPSA) is 88.5 Å². The first-order valence-electron chi connectivity index (χ1n) is 18.4. The Labute approximate surface area is 326 Å². The fourth-order valence-corrected chi connectivity index (χ4v) is 8.29. The first kappa shape index (κ1) is 35.9. The minimum atomic E-state index is -0.717. The number of hydrogen-bond acceptors (Lipinski definition) is 7. The molecule has 1 aliphatic rings. The number of halogens is 1. The molecule has 1 atom stereocenters. The van der Waals surface area contributed by atoms with Gasteiger partial charge in [0.2, 0.25) is 0 Å². The van der Waals surface area contributed by atoms with Gasteiger partial charge in [0, 0.05) is 48.0 Å².